The first-order chi connectivity index (χ1) is 10.8. The molecule has 7 heteroatoms. The highest BCUT2D eigenvalue weighted by Gasteiger charge is 2.21. The van der Waals surface area contributed by atoms with Gasteiger partial charge in [-0.05, 0) is 23.3 Å². The Bertz CT molecular complexity index is 753. The minimum atomic E-state index is -3.62. The average molecular weight is 336 g/mol. The van der Waals surface area contributed by atoms with Gasteiger partial charge in [0.15, 0.2) is 6.10 Å². The quantitative estimate of drug-likeness (QED) is 0.781. The smallest absolute Gasteiger partial charge is 0.337 e. The molecule has 1 N–H and O–H groups in total. The van der Waals surface area contributed by atoms with Crippen LogP contribution < -0.4 is 4.18 Å². The summed E-state index contributed by atoms with van der Waals surface area (Å²) in [5.74, 6) is -1.01. The number of hydrogen-bond acceptors (Lipinski definition) is 5. The number of ether oxygens (including phenoxy) is 1. The van der Waals surface area contributed by atoms with Crippen molar-refractivity contribution in [2.75, 3.05) is 6.26 Å². The summed E-state index contributed by atoms with van der Waals surface area (Å²) in [6.07, 6.45) is -0.216. The molecule has 0 aliphatic carbocycles. The first kappa shape index (κ1) is 17.0. The Kier molecular flexibility index (Phi) is 5.36. The molecule has 0 saturated heterocycles. The van der Waals surface area contributed by atoms with E-state index >= 15 is 0 Å². The second kappa shape index (κ2) is 7.26. The van der Waals surface area contributed by atoms with Crippen molar-refractivity contribution in [1.82, 2.24) is 0 Å². The molecular weight excluding hydrogens is 320 g/mol. The molecule has 1 unspecified atom stereocenters. The van der Waals surface area contributed by atoms with E-state index in [9.17, 15) is 18.3 Å². The zero-order valence-electron chi connectivity index (χ0n) is 12.4. The summed E-state index contributed by atoms with van der Waals surface area (Å²) in [6, 6.07) is 14.9. The number of benzene rings is 2. The molecule has 0 aliphatic rings. The predicted molar refractivity (Wildman–Crippen MR) is 83.5 cm³/mol. The van der Waals surface area contributed by atoms with E-state index < -0.39 is 22.2 Å². The van der Waals surface area contributed by atoms with Gasteiger partial charge in [-0.3, -0.25) is 0 Å². The number of rotatable bonds is 7. The average Bonchev–Trinajstić information content (AvgIpc) is 2.48. The zero-order valence-corrected chi connectivity index (χ0v) is 13.2. The molecule has 0 saturated carbocycles. The third-order valence-electron chi connectivity index (χ3n) is 2.91. The van der Waals surface area contributed by atoms with E-state index in [4.69, 9.17) is 8.92 Å². The van der Waals surface area contributed by atoms with Gasteiger partial charge in [-0.25, -0.2) is 4.79 Å². The molecule has 1 atom stereocenters. The van der Waals surface area contributed by atoms with Crippen LogP contribution in [0.5, 0.6) is 5.75 Å². The summed E-state index contributed by atoms with van der Waals surface area (Å²) in [7, 11) is -3.62. The topological polar surface area (TPSA) is 89.9 Å². The molecule has 0 amide bonds. The molecule has 0 radical (unpaired) electrons. The zero-order chi connectivity index (χ0) is 16.9. The lowest BCUT2D eigenvalue weighted by Crippen LogP contribution is -2.15. The van der Waals surface area contributed by atoms with Crippen LogP contribution in [0.2, 0.25) is 0 Å². The van der Waals surface area contributed by atoms with Crippen LogP contribution in [-0.2, 0) is 26.3 Å². The minimum absolute atomic E-state index is 0.114. The molecule has 0 spiro atoms. The molecule has 0 fully saturated rings. The van der Waals surface area contributed by atoms with Crippen molar-refractivity contribution in [3.63, 3.8) is 0 Å². The van der Waals surface area contributed by atoms with E-state index in [0.29, 0.717) is 5.56 Å². The van der Waals surface area contributed by atoms with Crippen LogP contribution in [0.15, 0.2) is 54.6 Å². The van der Waals surface area contributed by atoms with Gasteiger partial charge < -0.3 is 14.0 Å². The summed E-state index contributed by atoms with van der Waals surface area (Å²) in [5.41, 5.74) is 1.25. The van der Waals surface area contributed by atoms with Gasteiger partial charge in [0.05, 0.1) is 12.9 Å². The summed E-state index contributed by atoms with van der Waals surface area (Å²) in [6.45, 7) is 0.152. The first-order valence-corrected chi connectivity index (χ1v) is 8.54. The number of carboxylic acid groups (broad SMARTS) is 1. The van der Waals surface area contributed by atoms with Crippen molar-refractivity contribution < 1.29 is 27.2 Å². The molecule has 6 nitrogen and oxygen atoms in total. The molecule has 0 heterocycles. The molecule has 2 rings (SSSR count). The van der Waals surface area contributed by atoms with Gasteiger partial charge in [0.25, 0.3) is 0 Å². The van der Waals surface area contributed by atoms with Crippen molar-refractivity contribution in [3.05, 3.63) is 65.7 Å². The maximum Gasteiger partial charge on any atom is 0.337 e. The number of carboxylic acids is 1. The molecule has 2 aromatic carbocycles. The van der Waals surface area contributed by atoms with E-state index in [1.165, 1.54) is 24.3 Å². The number of hydrogen-bond donors (Lipinski definition) is 1. The number of carbonyl (C=O) groups is 1. The van der Waals surface area contributed by atoms with E-state index in [0.717, 1.165) is 11.8 Å². The van der Waals surface area contributed by atoms with Crippen LogP contribution >= 0.6 is 0 Å². The van der Waals surface area contributed by atoms with Crippen LogP contribution in [0.1, 0.15) is 17.2 Å². The van der Waals surface area contributed by atoms with E-state index in [1.54, 1.807) is 0 Å². The molecule has 0 aromatic heterocycles. The van der Waals surface area contributed by atoms with Gasteiger partial charge in [-0.2, -0.15) is 8.42 Å². The maximum atomic E-state index is 11.4. The lowest BCUT2D eigenvalue weighted by Gasteiger charge is -2.14. The van der Waals surface area contributed by atoms with Gasteiger partial charge in [-0.1, -0.05) is 42.5 Å². The highest BCUT2D eigenvalue weighted by Crippen LogP contribution is 2.23. The summed E-state index contributed by atoms with van der Waals surface area (Å²) < 4.78 is 32.3. The van der Waals surface area contributed by atoms with Crippen LogP contribution in [0.25, 0.3) is 0 Å². The van der Waals surface area contributed by atoms with Crippen LogP contribution in [0.4, 0.5) is 0 Å². The first-order valence-electron chi connectivity index (χ1n) is 6.73. The van der Waals surface area contributed by atoms with E-state index in [-0.39, 0.29) is 12.4 Å². The standard InChI is InChI=1S/C16H16O6S/c1-23(19,20)22-14-9-7-13(8-10-14)15(16(17)18)21-11-12-5-3-2-4-6-12/h2-10,15H,11H2,1H3,(H,17,18). The largest absolute Gasteiger partial charge is 0.479 e. The third-order valence-corrected chi connectivity index (χ3v) is 3.41. The Morgan fingerprint density at radius 3 is 2.22 bits per heavy atom. The van der Waals surface area contributed by atoms with Crippen molar-refractivity contribution in [3.8, 4) is 5.75 Å². The Hall–Kier alpha value is -2.38. The van der Waals surface area contributed by atoms with Crippen LogP contribution in [0.3, 0.4) is 0 Å². The number of aliphatic carboxylic acids is 1. The highest BCUT2D eigenvalue weighted by molar-refractivity contribution is 7.86. The fourth-order valence-electron chi connectivity index (χ4n) is 1.94. The monoisotopic (exact) mass is 336 g/mol. The Labute approximate surface area is 134 Å². The summed E-state index contributed by atoms with van der Waals surface area (Å²) >= 11 is 0. The maximum absolute atomic E-state index is 11.4. The molecular formula is C16H16O6S. The molecule has 0 aliphatic heterocycles. The second-order valence-corrected chi connectivity index (χ2v) is 6.45. The Morgan fingerprint density at radius 1 is 1.09 bits per heavy atom. The second-order valence-electron chi connectivity index (χ2n) is 4.87. The fraction of sp³-hybridized carbons (Fsp3) is 0.188. The van der Waals surface area contributed by atoms with Crippen molar-refractivity contribution in [2.24, 2.45) is 0 Å². The molecule has 23 heavy (non-hydrogen) atoms. The Morgan fingerprint density at radius 2 is 1.70 bits per heavy atom. The lowest BCUT2D eigenvalue weighted by molar-refractivity contribution is -0.151. The molecule has 122 valence electrons. The van der Waals surface area contributed by atoms with Crippen LogP contribution in [-0.4, -0.2) is 25.7 Å². The third kappa shape index (κ3) is 5.39. The van der Waals surface area contributed by atoms with Gasteiger partial charge >= 0.3 is 16.1 Å². The van der Waals surface area contributed by atoms with Crippen LogP contribution in [0, 0.1) is 0 Å². The van der Waals surface area contributed by atoms with Gasteiger partial charge in [0.2, 0.25) is 0 Å². The summed E-state index contributed by atoms with van der Waals surface area (Å²) in [5, 5.41) is 9.31. The highest BCUT2D eigenvalue weighted by atomic mass is 32.2. The SMILES string of the molecule is CS(=O)(=O)Oc1ccc(C(OCc2ccccc2)C(=O)O)cc1. The van der Waals surface area contributed by atoms with Crippen molar-refractivity contribution >= 4 is 16.1 Å². The minimum Gasteiger partial charge on any atom is -0.479 e. The Balaban J connectivity index is 2.10. The van der Waals surface area contributed by atoms with Gasteiger partial charge in [0.1, 0.15) is 5.75 Å². The lowest BCUT2D eigenvalue weighted by atomic mass is 10.1. The van der Waals surface area contributed by atoms with Gasteiger partial charge in [0, 0.05) is 0 Å². The van der Waals surface area contributed by atoms with Gasteiger partial charge in [-0.15, -0.1) is 0 Å². The normalized spacial score (nSPS) is 12.6. The van der Waals surface area contributed by atoms with Crippen molar-refractivity contribution in [1.29, 1.82) is 0 Å². The van der Waals surface area contributed by atoms with E-state index in [2.05, 4.69) is 0 Å². The summed E-state index contributed by atoms with van der Waals surface area (Å²) in [4.78, 5) is 11.4. The fourth-order valence-corrected chi connectivity index (χ4v) is 2.40. The molecule has 0 bridgehead atoms. The molecule has 2 aromatic rings. The van der Waals surface area contributed by atoms with E-state index in [1.807, 2.05) is 30.3 Å². The van der Waals surface area contributed by atoms with Crippen molar-refractivity contribution in [2.45, 2.75) is 12.7 Å². The predicted octanol–water partition coefficient (Wildman–Crippen LogP) is 2.37.